The molecule has 0 aliphatic rings. The van der Waals surface area contributed by atoms with E-state index in [-0.39, 0.29) is 29.1 Å². The summed E-state index contributed by atoms with van der Waals surface area (Å²) in [6.07, 6.45) is -0.0594. The summed E-state index contributed by atoms with van der Waals surface area (Å²) < 4.78 is 5.16. The SMILES string of the molecule is COc1cccc(CNC(=O)Cc2cc(=O)[nH]c(SCC(=O)Nc3cccc(Cl)c3)n2)c1. The quantitative estimate of drug-likeness (QED) is 0.326. The number of amides is 2. The number of aromatic nitrogens is 2. The minimum atomic E-state index is -0.395. The number of H-pyrrole nitrogens is 1. The van der Waals surface area contributed by atoms with Crippen molar-refractivity contribution >= 4 is 40.9 Å². The number of rotatable bonds is 9. The number of halogens is 1. The van der Waals surface area contributed by atoms with Gasteiger partial charge < -0.3 is 20.4 Å². The normalized spacial score (nSPS) is 10.4. The van der Waals surface area contributed by atoms with Crippen molar-refractivity contribution < 1.29 is 14.3 Å². The molecule has 2 amide bonds. The first-order valence-corrected chi connectivity index (χ1v) is 11.0. The summed E-state index contributed by atoms with van der Waals surface area (Å²) in [7, 11) is 1.58. The van der Waals surface area contributed by atoms with Crippen molar-refractivity contribution in [2.24, 2.45) is 0 Å². The predicted octanol–water partition coefficient (Wildman–Crippen LogP) is 3.02. The molecule has 0 saturated heterocycles. The number of anilines is 1. The van der Waals surface area contributed by atoms with Crippen molar-refractivity contribution in [2.75, 3.05) is 18.2 Å². The van der Waals surface area contributed by atoms with Gasteiger partial charge >= 0.3 is 0 Å². The second kappa shape index (κ2) is 11.4. The summed E-state index contributed by atoms with van der Waals surface area (Å²) in [6.45, 7) is 0.324. The molecule has 0 saturated carbocycles. The van der Waals surface area contributed by atoms with Crippen molar-refractivity contribution in [3.8, 4) is 5.75 Å². The highest BCUT2D eigenvalue weighted by molar-refractivity contribution is 7.99. The molecule has 3 N–H and O–H groups in total. The molecule has 1 aromatic heterocycles. The number of nitrogens with zero attached hydrogens (tertiary/aromatic N) is 1. The minimum absolute atomic E-state index is 0.0287. The van der Waals surface area contributed by atoms with Crippen LogP contribution in [-0.2, 0) is 22.6 Å². The van der Waals surface area contributed by atoms with E-state index in [1.165, 1.54) is 6.07 Å². The molecule has 0 bridgehead atoms. The largest absolute Gasteiger partial charge is 0.497 e. The zero-order chi connectivity index (χ0) is 22.9. The molecule has 3 aromatic rings. The Morgan fingerprint density at radius 1 is 1.12 bits per heavy atom. The number of nitrogens with one attached hydrogen (secondary N) is 3. The van der Waals surface area contributed by atoms with Crippen LogP contribution in [0.5, 0.6) is 5.75 Å². The Morgan fingerprint density at radius 2 is 1.94 bits per heavy atom. The molecule has 1 heterocycles. The molecule has 166 valence electrons. The van der Waals surface area contributed by atoms with E-state index in [1.54, 1.807) is 31.4 Å². The number of thioether (sulfide) groups is 1. The third kappa shape index (κ3) is 7.44. The van der Waals surface area contributed by atoms with E-state index in [9.17, 15) is 14.4 Å². The van der Waals surface area contributed by atoms with E-state index in [4.69, 9.17) is 16.3 Å². The van der Waals surface area contributed by atoms with Gasteiger partial charge in [0, 0.05) is 23.3 Å². The molecule has 0 aliphatic heterocycles. The average Bonchev–Trinajstić information content (AvgIpc) is 2.76. The van der Waals surface area contributed by atoms with Crippen molar-refractivity contribution in [1.82, 2.24) is 15.3 Å². The Morgan fingerprint density at radius 3 is 2.72 bits per heavy atom. The van der Waals surface area contributed by atoms with Gasteiger partial charge in [0.1, 0.15) is 5.75 Å². The highest BCUT2D eigenvalue weighted by Gasteiger charge is 2.10. The van der Waals surface area contributed by atoms with Gasteiger partial charge in [-0.3, -0.25) is 14.4 Å². The third-order valence-electron chi connectivity index (χ3n) is 4.19. The van der Waals surface area contributed by atoms with Gasteiger partial charge in [-0.25, -0.2) is 4.98 Å². The summed E-state index contributed by atoms with van der Waals surface area (Å²) in [5.74, 6) is 0.178. The maximum atomic E-state index is 12.3. The number of hydrogen-bond acceptors (Lipinski definition) is 6. The smallest absolute Gasteiger partial charge is 0.251 e. The van der Waals surface area contributed by atoms with E-state index in [0.717, 1.165) is 17.3 Å². The highest BCUT2D eigenvalue weighted by Crippen LogP contribution is 2.17. The van der Waals surface area contributed by atoms with Crippen LogP contribution >= 0.6 is 23.4 Å². The molecule has 2 aromatic carbocycles. The Balaban J connectivity index is 1.53. The Bertz CT molecular complexity index is 1170. The van der Waals surface area contributed by atoms with Crippen LogP contribution in [0.4, 0.5) is 5.69 Å². The topological polar surface area (TPSA) is 113 Å². The van der Waals surface area contributed by atoms with Gasteiger partial charge in [-0.15, -0.1) is 0 Å². The fraction of sp³-hybridized carbons (Fsp3) is 0.182. The number of benzene rings is 2. The van der Waals surface area contributed by atoms with E-state index >= 15 is 0 Å². The molecule has 0 radical (unpaired) electrons. The molecule has 0 aliphatic carbocycles. The minimum Gasteiger partial charge on any atom is -0.497 e. The number of methoxy groups -OCH3 is 1. The Labute approximate surface area is 193 Å². The second-order valence-corrected chi connectivity index (χ2v) is 8.09. The fourth-order valence-corrected chi connectivity index (χ4v) is 3.63. The number of carbonyl (C=O) groups excluding carboxylic acids is 2. The van der Waals surface area contributed by atoms with Crippen LogP contribution in [0.2, 0.25) is 5.02 Å². The van der Waals surface area contributed by atoms with Crippen LogP contribution in [0.1, 0.15) is 11.3 Å². The van der Waals surface area contributed by atoms with Crippen LogP contribution in [-0.4, -0.2) is 34.6 Å². The summed E-state index contributed by atoms with van der Waals surface area (Å²) in [5.41, 5.74) is 1.38. The van der Waals surface area contributed by atoms with Crippen molar-refractivity contribution in [3.63, 3.8) is 0 Å². The molecule has 0 spiro atoms. The molecule has 32 heavy (non-hydrogen) atoms. The van der Waals surface area contributed by atoms with Crippen LogP contribution < -0.4 is 20.9 Å². The highest BCUT2D eigenvalue weighted by atomic mass is 35.5. The third-order valence-corrected chi connectivity index (χ3v) is 5.30. The lowest BCUT2D eigenvalue weighted by Gasteiger charge is -2.08. The summed E-state index contributed by atoms with van der Waals surface area (Å²) in [6, 6.07) is 15.4. The lowest BCUT2D eigenvalue weighted by molar-refractivity contribution is -0.120. The lowest BCUT2D eigenvalue weighted by Crippen LogP contribution is -2.26. The van der Waals surface area contributed by atoms with E-state index < -0.39 is 5.56 Å². The predicted molar refractivity (Wildman–Crippen MR) is 124 cm³/mol. The lowest BCUT2D eigenvalue weighted by atomic mass is 10.2. The van der Waals surface area contributed by atoms with E-state index in [0.29, 0.717) is 28.7 Å². The van der Waals surface area contributed by atoms with Crippen molar-refractivity contribution in [1.29, 1.82) is 0 Å². The molecular formula is C22H21ClN4O4S. The summed E-state index contributed by atoms with van der Waals surface area (Å²) >= 11 is 6.97. The molecule has 10 heteroatoms. The van der Waals surface area contributed by atoms with Gasteiger partial charge in [0.15, 0.2) is 5.16 Å². The summed E-state index contributed by atoms with van der Waals surface area (Å²) in [5, 5.41) is 6.28. The van der Waals surface area contributed by atoms with Crippen LogP contribution in [0.25, 0.3) is 0 Å². The zero-order valence-electron chi connectivity index (χ0n) is 17.2. The number of aromatic amines is 1. The first-order chi connectivity index (χ1) is 15.4. The molecule has 0 unspecified atom stereocenters. The maximum Gasteiger partial charge on any atom is 0.251 e. The monoisotopic (exact) mass is 472 g/mol. The molecule has 8 nitrogen and oxygen atoms in total. The van der Waals surface area contributed by atoms with Crippen LogP contribution in [0, 0.1) is 0 Å². The fourth-order valence-electron chi connectivity index (χ4n) is 2.75. The first-order valence-electron chi connectivity index (χ1n) is 9.59. The maximum absolute atomic E-state index is 12.3. The molecule has 0 fully saturated rings. The average molecular weight is 473 g/mol. The Hall–Kier alpha value is -3.30. The second-order valence-electron chi connectivity index (χ2n) is 6.69. The van der Waals surface area contributed by atoms with Crippen molar-refractivity contribution in [2.45, 2.75) is 18.1 Å². The standard InChI is InChI=1S/C22H21ClN4O4S/c1-31-18-7-2-4-14(8-18)12-24-19(28)10-17-11-20(29)27-22(26-17)32-13-21(30)25-16-6-3-5-15(23)9-16/h2-9,11H,10,12-13H2,1H3,(H,24,28)(H,25,30)(H,26,27,29). The summed E-state index contributed by atoms with van der Waals surface area (Å²) in [4.78, 5) is 43.2. The van der Waals surface area contributed by atoms with Gasteiger partial charge in [0.05, 0.1) is 25.0 Å². The molecule has 3 rings (SSSR count). The van der Waals surface area contributed by atoms with E-state index in [2.05, 4.69) is 20.6 Å². The van der Waals surface area contributed by atoms with Gasteiger partial charge in [-0.1, -0.05) is 41.6 Å². The van der Waals surface area contributed by atoms with Gasteiger partial charge in [0.25, 0.3) is 5.56 Å². The van der Waals surface area contributed by atoms with Gasteiger partial charge in [-0.05, 0) is 35.9 Å². The van der Waals surface area contributed by atoms with Gasteiger partial charge in [0.2, 0.25) is 11.8 Å². The van der Waals surface area contributed by atoms with Crippen LogP contribution in [0.15, 0.2) is 64.5 Å². The van der Waals surface area contributed by atoms with Gasteiger partial charge in [-0.2, -0.15) is 0 Å². The van der Waals surface area contributed by atoms with Crippen LogP contribution in [0.3, 0.4) is 0 Å². The Kier molecular flexibility index (Phi) is 8.29. The molecule has 0 atom stereocenters. The first kappa shape index (κ1) is 23.4. The number of carbonyl (C=O) groups is 2. The molecular weight excluding hydrogens is 452 g/mol. The number of hydrogen-bond donors (Lipinski definition) is 3. The van der Waals surface area contributed by atoms with E-state index in [1.807, 2.05) is 24.3 Å². The number of ether oxygens (including phenoxy) is 1. The van der Waals surface area contributed by atoms with Crippen molar-refractivity contribution in [3.05, 3.63) is 81.2 Å². The zero-order valence-corrected chi connectivity index (χ0v) is 18.8.